The summed E-state index contributed by atoms with van der Waals surface area (Å²) in [5.41, 5.74) is 1.81. The van der Waals surface area contributed by atoms with Gasteiger partial charge in [-0.15, -0.1) is 0 Å². The van der Waals surface area contributed by atoms with Gasteiger partial charge in [0.05, 0.1) is 13.8 Å². The minimum absolute atomic E-state index is 0.106. The van der Waals surface area contributed by atoms with Crippen molar-refractivity contribution in [2.45, 2.75) is 44.9 Å². The molecule has 0 aromatic heterocycles. The van der Waals surface area contributed by atoms with Gasteiger partial charge in [0, 0.05) is 18.4 Å². The number of hydrogen-bond donors (Lipinski definition) is 0. The fourth-order valence-electron chi connectivity index (χ4n) is 2.10. The van der Waals surface area contributed by atoms with Gasteiger partial charge >= 0.3 is 5.97 Å². The zero-order valence-corrected chi connectivity index (χ0v) is 12.6. The van der Waals surface area contributed by atoms with Gasteiger partial charge in [0.2, 0.25) is 0 Å². The van der Waals surface area contributed by atoms with Crippen molar-refractivity contribution in [1.82, 2.24) is 0 Å². The normalized spacial score (nSPS) is 10.4. The molecule has 116 valence electrons. The summed E-state index contributed by atoms with van der Waals surface area (Å²) < 4.78 is 16.5. The highest BCUT2D eigenvalue weighted by Crippen LogP contribution is 2.12. The van der Waals surface area contributed by atoms with Gasteiger partial charge in [-0.3, -0.25) is 14.0 Å². The number of aryl methyl sites for hydroxylation is 1. The van der Waals surface area contributed by atoms with Crippen LogP contribution in [0.2, 0.25) is 0 Å². The maximum atomic E-state index is 11.9. The Labute approximate surface area is 125 Å². The molecule has 1 aromatic rings. The molecule has 0 radical (unpaired) electrons. The zero-order chi connectivity index (χ0) is 15.5. The van der Waals surface area contributed by atoms with Crippen LogP contribution in [0.3, 0.4) is 0 Å². The molecule has 0 N–H and O–H groups in total. The van der Waals surface area contributed by atoms with Crippen molar-refractivity contribution in [3.05, 3.63) is 35.4 Å². The smallest absolute Gasteiger partial charge is 0.305 e. The predicted molar refractivity (Wildman–Crippen MR) is 80.2 cm³/mol. The molecule has 3 nitrogen and oxygen atoms in total. The van der Waals surface area contributed by atoms with Gasteiger partial charge in [-0.2, -0.15) is 0 Å². The number of unbranched alkanes of at least 4 members (excludes halogenated alkanes) is 2. The van der Waals surface area contributed by atoms with E-state index in [2.05, 4.69) is 4.74 Å². The Bertz CT molecular complexity index is 440. The molecule has 0 heterocycles. The van der Waals surface area contributed by atoms with Crippen LogP contribution in [0.1, 0.15) is 54.4 Å². The van der Waals surface area contributed by atoms with E-state index in [1.54, 1.807) is 0 Å². The van der Waals surface area contributed by atoms with E-state index < -0.39 is 0 Å². The number of esters is 1. The van der Waals surface area contributed by atoms with E-state index in [4.69, 9.17) is 0 Å². The third-order valence-electron chi connectivity index (χ3n) is 3.39. The number of methoxy groups -OCH3 is 1. The fourth-order valence-corrected chi connectivity index (χ4v) is 2.10. The minimum Gasteiger partial charge on any atom is -0.469 e. The van der Waals surface area contributed by atoms with Gasteiger partial charge in [0.1, 0.15) is 0 Å². The highest BCUT2D eigenvalue weighted by molar-refractivity contribution is 5.96. The average Bonchev–Trinajstić information content (AvgIpc) is 2.51. The van der Waals surface area contributed by atoms with Crippen LogP contribution in [-0.4, -0.2) is 25.5 Å². The summed E-state index contributed by atoms with van der Waals surface area (Å²) in [6, 6.07) is 7.49. The van der Waals surface area contributed by atoms with Crippen LogP contribution >= 0.6 is 0 Å². The number of hydrogen-bond acceptors (Lipinski definition) is 3. The topological polar surface area (TPSA) is 43.4 Å². The summed E-state index contributed by atoms with van der Waals surface area (Å²) in [7, 11) is 1.39. The number of Topliss-reactive ketones (excluding diaryl/α,β-unsaturated/α-hetero) is 1. The van der Waals surface area contributed by atoms with E-state index in [0.717, 1.165) is 31.2 Å². The Balaban J connectivity index is 2.35. The van der Waals surface area contributed by atoms with Crippen molar-refractivity contribution in [2.75, 3.05) is 13.8 Å². The monoisotopic (exact) mass is 294 g/mol. The standard InChI is InChI=1S/C17H23FO3/c1-21-17(20)8-5-6-14-9-11-15(12-10-14)16(19)7-3-2-4-13-18/h9-12H,2-8,13H2,1H3. The summed E-state index contributed by atoms with van der Waals surface area (Å²) in [4.78, 5) is 22.9. The first-order chi connectivity index (χ1) is 10.2. The highest BCUT2D eigenvalue weighted by atomic mass is 19.1. The average molecular weight is 294 g/mol. The molecule has 0 atom stereocenters. The number of halogens is 1. The Morgan fingerprint density at radius 3 is 2.33 bits per heavy atom. The first kappa shape index (κ1) is 17.3. The summed E-state index contributed by atoms with van der Waals surface area (Å²) >= 11 is 0. The molecule has 21 heavy (non-hydrogen) atoms. The molecule has 1 rings (SSSR count). The molecule has 0 aliphatic rings. The Morgan fingerprint density at radius 1 is 1.00 bits per heavy atom. The molecule has 0 aliphatic heterocycles. The van der Waals surface area contributed by atoms with Crippen LogP contribution in [0.4, 0.5) is 4.39 Å². The lowest BCUT2D eigenvalue weighted by Gasteiger charge is -2.04. The second-order valence-electron chi connectivity index (χ2n) is 5.05. The van der Waals surface area contributed by atoms with Gasteiger partial charge in [-0.1, -0.05) is 30.7 Å². The van der Waals surface area contributed by atoms with Crippen LogP contribution in [0.15, 0.2) is 24.3 Å². The number of alkyl halides is 1. The predicted octanol–water partition coefficient (Wildman–Crippen LogP) is 3.89. The van der Waals surface area contributed by atoms with E-state index in [0.29, 0.717) is 24.8 Å². The number of ether oxygens (including phenoxy) is 1. The Morgan fingerprint density at radius 2 is 1.71 bits per heavy atom. The summed E-state index contributed by atoms with van der Waals surface area (Å²) in [6.07, 6.45) is 4.45. The first-order valence-corrected chi connectivity index (χ1v) is 7.42. The molecule has 0 saturated carbocycles. The molecule has 4 heteroatoms. The van der Waals surface area contributed by atoms with Gasteiger partial charge < -0.3 is 4.74 Å². The van der Waals surface area contributed by atoms with Crippen LogP contribution in [0.5, 0.6) is 0 Å². The van der Waals surface area contributed by atoms with E-state index in [-0.39, 0.29) is 18.4 Å². The van der Waals surface area contributed by atoms with Gasteiger partial charge in [0.15, 0.2) is 5.78 Å². The number of ketones is 1. The highest BCUT2D eigenvalue weighted by Gasteiger charge is 2.06. The molecule has 0 aliphatic carbocycles. The quantitative estimate of drug-likeness (QED) is 0.373. The summed E-state index contributed by atoms with van der Waals surface area (Å²) in [5, 5.41) is 0. The second kappa shape index (κ2) is 10.1. The van der Waals surface area contributed by atoms with Crippen molar-refractivity contribution in [1.29, 1.82) is 0 Å². The molecular formula is C17H23FO3. The van der Waals surface area contributed by atoms with Crippen LogP contribution in [0.25, 0.3) is 0 Å². The molecule has 0 fully saturated rings. The van der Waals surface area contributed by atoms with Gasteiger partial charge in [-0.05, 0) is 31.2 Å². The van der Waals surface area contributed by atoms with E-state index in [1.165, 1.54) is 7.11 Å². The van der Waals surface area contributed by atoms with Crippen molar-refractivity contribution >= 4 is 11.8 Å². The lowest BCUT2D eigenvalue weighted by molar-refractivity contribution is -0.140. The number of carbonyl (C=O) groups excluding carboxylic acids is 2. The lowest BCUT2D eigenvalue weighted by atomic mass is 10.0. The SMILES string of the molecule is COC(=O)CCCc1ccc(C(=O)CCCCCF)cc1. The molecule has 0 spiro atoms. The van der Waals surface area contributed by atoms with E-state index >= 15 is 0 Å². The molecular weight excluding hydrogens is 271 g/mol. The minimum atomic E-state index is -0.311. The van der Waals surface area contributed by atoms with E-state index in [1.807, 2.05) is 24.3 Å². The van der Waals surface area contributed by atoms with Crippen molar-refractivity contribution in [3.8, 4) is 0 Å². The summed E-state index contributed by atoms with van der Waals surface area (Å²) in [6.45, 7) is -0.311. The van der Waals surface area contributed by atoms with Crippen molar-refractivity contribution in [2.24, 2.45) is 0 Å². The number of benzene rings is 1. The maximum absolute atomic E-state index is 11.9. The van der Waals surface area contributed by atoms with Crippen LogP contribution in [0, 0.1) is 0 Å². The molecule has 0 amide bonds. The maximum Gasteiger partial charge on any atom is 0.305 e. The van der Waals surface area contributed by atoms with E-state index in [9.17, 15) is 14.0 Å². The van der Waals surface area contributed by atoms with Crippen LogP contribution in [-0.2, 0) is 16.0 Å². The van der Waals surface area contributed by atoms with Gasteiger partial charge in [0.25, 0.3) is 0 Å². The molecule has 0 bridgehead atoms. The Hall–Kier alpha value is -1.71. The van der Waals surface area contributed by atoms with Crippen LogP contribution < -0.4 is 0 Å². The zero-order valence-electron chi connectivity index (χ0n) is 12.6. The summed E-state index contributed by atoms with van der Waals surface area (Å²) in [5.74, 6) is -0.0925. The number of rotatable bonds is 10. The van der Waals surface area contributed by atoms with Crippen molar-refractivity contribution < 1.29 is 18.7 Å². The van der Waals surface area contributed by atoms with Crippen molar-refractivity contribution in [3.63, 3.8) is 0 Å². The fraction of sp³-hybridized carbons (Fsp3) is 0.529. The van der Waals surface area contributed by atoms with Gasteiger partial charge in [-0.25, -0.2) is 0 Å². The second-order valence-corrected chi connectivity index (χ2v) is 5.05. The largest absolute Gasteiger partial charge is 0.469 e. The molecule has 0 unspecified atom stereocenters. The molecule has 0 saturated heterocycles. The first-order valence-electron chi connectivity index (χ1n) is 7.42. The lowest BCUT2D eigenvalue weighted by Crippen LogP contribution is -2.01. The Kier molecular flexibility index (Phi) is 8.32. The number of carbonyl (C=O) groups is 2. The molecule has 1 aromatic carbocycles. The third kappa shape index (κ3) is 7.02. The third-order valence-corrected chi connectivity index (χ3v) is 3.39.